The van der Waals surface area contributed by atoms with Gasteiger partial charge in [-0.2, -0.15) is 8.42 Å². The summed E-state index contributed by atoms with van der Waals surface area (Å²) in [4.78, 5) is -0.0543. The van der Waals surface area contributed by atoms with E-state index in [1.54, 1.807) is 0 Å². The average molecular weight is 348 g/mol. The van der Waals surface area contributed by atoms with E-state index in [0.29, 0.717) is 6.42 Å². The van der Waals surface area contributed by atoms with Crippen molar-refractivity contribution in [3.8, 4) is 0 Å². The Hall–Kier alpha value is -1.76. The van der Waals surface area contributed by atoms with Crippen LogP contribution in [0, 0.1) is 5.82 Å². The lowest BCUT2D eigenvalue weighted by molar-refractivity contribution is 0.0849. The largest absolute Gasteiger partial charge is 0.355 e. The Morgan fingerprint density at radius 1 is 1.12 bits per heavy atom. The van der Waals surface area contributed by atoms with Crippen LogP contribution in [0.5, 0.6) is 0 Å². The second kappa shape index (κ2) is 5.12. The molecule has 1 unspecified atom stereocenters. The van der Waals surface area contributed by atoms with Crippen LogP contribution in [0.3, 0.4) is 0 Å². The smallest absolute Gasteiger partial charge is 0.297 e. The van der Waals surface area contributed by atoms with Gasteiger partial charge in [-0.1, -0.05) is 30.3 Å². The minimum absolute atomic E-state index is 0.0543. The number of fused-ring (bicyclic) bond motifs is 1. The first-order chi connectivity index (χ1) is 11.4. The van der Waals surface area contributed by atoms with Crippen molar-refractivity contribution >= 4 is 10.1 Å². The Morgan fingerprint density at radius 3 is 2.42 bits per heavy atom. The Morgan fingerprint density at radius 2 is 1.79 bits per heavy atom. The maximum absolute atomic E-state index is 13.0. The lowest BCUT2D eigenvalue weighted by Gasteiger charge is -2.21. The van der Waals surface area contributed by atoms with Crippen molar-refractivity contribution in [2.24, 2.45) is 0 Å². The van der Waals surface area contributed by atoms with Gasteiger partial charge in [0.05, 0.1) is 4.90 Å². The number of hydrogen-bond acceptors (Lipinski definition) is 4. The molecule has 0 spiro atoms. The third kappa shape index (κ3) is 2.21. The molecule has 1 aliphatic heterocycles. The van der Waals surface area contributed by atoms with Crippen molar-refractivity contribution in [2.45, 2.75) is 42.0 Å². The van der Waals surface area contributed by atoms with E-state index in [1.807, 2.05) is 37.3 Å². The average Bonchev–Trinajstić information content (AvgIpc) is 3.11. The highest BCUT2D eigenvalue weighted by molar-refractivity contribution is 7.86. The fraction of sp³-hybridized carbons (Fsp3) is 0.333. The molecule has 4 rings (SSSR count). The lowest BCUT2D eigenvalue weighted by Crippen LogP contribution is -2.31. The van der Waals surface area contributed by atoms with Gasteiger partial charge in [0, 0.05) is 0 Å². The summed E-state index contributed by atoms with van der Waals surface area (Å²) < 4.78 is 49.6. The van der Waals surface area contributed by atoms with Gasteiger partial charge in [-0.05, 0) is 49.6 Å². The van der Waals surface area contributed by atoms with E-state index >= 15 is 0 Å². The normalized spacial score (nSPS) is 31.7. The summed E-state index contributed by atoms with van der Waals surface area (Å²) >= 11 is 0. The summed E-state index contributed by atoms with van der Waals surface area (Å²) in [6.07, 6.45) is 0.720. The predicted molar refractivity (Wildman–Crippen MR) is 85.3 cm³/mol. The summed E-state index contributed by atoms with van der Waals surface area (Å²) in [5.41, 5.74) is -0.220. The topological polar surface area (TPSA) is 55.9 Å². The first-order valence-electron chi connectivity index (χ1n) is 7.82. The lowest BCUT2D eigenvalue weighted by atomic mass is 9.89. The van der Waals surface area contributed by atoms with Gasteiger partial charge in [0.25, 0.3) is 10.1 Å². The van der Waals surface area contributed by atoms with E-state index < -0.39 is 33.2 Å². The summed E-state index contributed by atoms with van der Waals surface area (Å²) in [5, 5.41) is 0. The highest BCUT2D eigenvalue weighted by Crippen LogP contribution is 2.66. The van der Waals surface area contributed by atoms with E-state index in [2.05, 4.69) is 0 Å². The molecule has 1 heterocycles. The van der Waals surface area contributed by atoms with Crippen LogP contribution in [0.15, 0.2) is 59.5 Å². The number of benzene rings is 2. The summed E-state index contributed by atoms with van der Waals surface area (Å²) in [5.74, 6) is -0.492. The Balaban J connectivity index is 1.66. The molecule has 4 nitrogen and oxygen atoms in total. The van der Waals surface area contributed by atoms with E-state index in [0.717, 1.165) is 24.1 Å². The second-order valence-corrected chi connectivity index (χ2v) is 8.04. The maximum Gasteiger partial charge on any atom is 0.297 e. The van der Waals surface area contributed by atoms with Crippen molar-refractivity contribution < 1.29 is 21.7 Å². The molecule has 1 saturated carbocycles. The molecule has 1 aliphatic carbocycles. The van der Waals surface area contributed by atoms with Crippen LogP contribution in [0.4, 0.5) is 4.39 Å². The van der Waals surface area contributed by atoms with Gasteiger partial charge in [0.2, 0.25) is 0 Å². The van der Waals surface area contributed by atoms with Gasteiger partial charge in [-0.3, -0.25) is 4.18 Å². The molecule has 126 valence electrons. The molecule has 1 saturated heterocycles. The van der Waals surface area contributed by atoms with Crippen LogP contribution >= 0.6 is 0 Å². The Kier molecular flexibility index (Phi) is 3.36. The number of rotatable bonds is 4. The van der Waals surface area contributed by atoms with Gasteiger partial charge in [-0.25, -0.2) is 4.39 Å². The summed E-state index contributed by atoms with van der Waals surface area (Å²) in [6.45, 7) is 1.98. The van der Waals surface area contributed by atoms with Gasteiger partial charge in [0.15, 0.2) is 0 Å². The second-order valence-electron chi connectivity index (χ2n) is 6.47. The molecule has 2 fully saturated rings. The minimum Gasteiger partial charge on any atom is -0.355 e. The van der Waals surface area contributed by atoms with Gasteiger partial charge < -0.3 is 4.74 Å². The number of epoxide rings is 1. The van der Waals surface area contributed by atoms with Crippen molar-refractivity contribution in [3.63, 3.8) is 0 Å². The van der Waals surface area contributed by atoms with Crippen molar-refractivity contribution in [1.82, 2.24) is 0 Å². The number of halogens is 1. The molecule has 0 N–H and O–H groups in total. The van der Waals surface area contributed by atoms with Crippen molar-refractivity contribution in [3.05, 3.63) is 66.0 Å². The third-order valence-corrected chi connectivity index (χ3v) is 6.35. The van der Waals surface area contributed by atoms with E-state index in [-0.39, 0.29) is 4.90 Å². The molecule has 3 atom stereocenters. The highest BCUT2D eigenvalue weighted by Gasteiger charge is 2.76. The SMILES string of the molecule is CC12CC[C@@H](OS(=O)(=O)c3ccc(F)cc3)[C@@]1(c1ccccc1)O2. The Labute approximate surface area is 140 Å². The van der Waals surface area contributed by atoms with Crippen LogP contribution in [-0.4, -0.2) is 20.1 Å². The first kappa shape index (κ1) is 15.7. The Bertz CT molecular complexity index is 866. The van der Waals surface area contributed by atoms with Crippen LogP contribution < -0.4 is 0 Å². The van der Waals surface area contributed by atoms with E-state index in [9.17, 15) is 12.8 Å². The van der Waals surface area contributed by atoms with Gasteiger partial charge in [-0.15, -0.1) is 0 Å². The quantitative estimate of drug-likeness (QED) is 0.628. The van der Waals surface area contributed by atoms with Crippen LogP contribution in [-0.2, 0) is 24.6 Å². The minimum atomic E-state index is -3.99. The maximum atomic E-state index is 13.0. The monoisotopic (exact) mass is 348 g/mol. The molecule has 2 aliphatic rings. The fourth-order valence-corrected chi connectivity index (χ4v) is 4.86. The molecule has 0 radical (unpaired) electrons. The van der Waals surface area contributed by atoms with Crippen LogP contribution in [0.1, 0.15) is 25.3 Å². The molecule has 24 heavy (non-hydrogen) atoms. The number of hydrogen-bond donors (Lipinski definition) is 0. The zero-order chi connectivity index (χ0) is 17.0. The molecule has 0 bridgehead atoms. The fourth-order valence-electron chi connectivity index (χ4n) is 3.74. The highest BCUT2D eigenvalue weighted by atomic mass is 32.2. The molecule has 6 heteroatoms. The summed E-state index contributed by atoms with van der Waals surface area (Å²) in [6, 6.07) is 14.2. The number of ether oxygens (including phenoxy) is 1. The van der Waals surface area contributed by atoms with Crippen LogP contribution in [0.2, 0.25) is 0 Å². The molecular weight excluding hydrogens is 331 g/mol. The van der Waals surface area contributed by atoms with Crippen molar-refractivity contribution in [1.29, 1.82) is 0 Å². The zero-order valence-corrected chi connectivity index (χ0v) is 13.9. The molecule has 2 aromatic rings. The molecular formula is C18H17FO4S. The first-order valence-corrected chi connectivity index (χ1v) is 9.23. The molecule has 2 aromatic carbocycles. The predicted octanol–water partition coefficient (Wildman–Crippen LogP) is 3.38. The van der Waals surface area contributed by atoms with Crippen molar-refractivity contribution in [2.75, 3.05) is 0 Å². The van der Waals surface area contributed by atoms with Crippen LogP contribution in [0.25, 0.3) is 0 Å². The van der Waals surface area contributed by atoms with E-state index in [1.165, 1.54) is 12.1 Å². The van der Waals surface area contributed by atoms with E-state index in [4.69, 9.17) is 8.92 Å². The molecule has 0 aromatic heterocycles. The van der Waals surface area contributed by atoms with Gasteiger partial charge in [0.1, 0.15) is 23.1 Å². The zero-order valence-electron chi connectivity index (χ0n) is 13.1. The standard InChI is InChI=1S/C18H17FO4S/c1-17-12-11-16(18(17,23-17)13-5-3-2-4-6-13)22-24(20,21)15-9-7-14(19)8-10-15/h2-10,16H,11-12H2,1H3/t16-,17?,18-/m1/s1. The third-order valence-electron chi connectivity index (χ3n) is 5.02. The summed E-state index contributed by atoms with van der Waals surface area (Å²) in [7, 11) is -3.99. The van der Waals surface area contributed by atoms with Gasteiger partial charge >= 0.3 is 0 Å². The molecule has 0 amide bonds.